The van der Waals surface area contributed by atoms with Crippen molar-refractivity contribution in [2.45, 2.75) is 45.1 Å². The molecule has 0 aromatic rings. The van der Waals surface area contributed by atoms with Crippen molar-refractivity contribution in [3.63, 3.8) is 0 Å². The third-order valence-electron chi connectivity index (χ3n) is 1.93. The summed E-state index contributed by atoms with van der Waals surface area (Å²) in [6.07, 6.45) is 11.6. The maximum absolute atomic E-state index is 5.05. The summed E-state index contributed by atoms with van der Waals surface area (Å²) >= 11 is 0. The molecular weight excluding hydrogens is 136 g/mol. The highest BCUT2D eigenvalue weighted by molar-refractivity contribution is 4.95. The van der Waals surface area contributed by atoms with Crippen LogP contribution in [-0.4, -0.2) is 12.7 Å². The first-order valence-corrected chi connectivity index (χ1v) is 4.71. The average molecular weight is 154 g/mol. The second-order valence-electron chi connectivity index (χ2n) is 3.15. The first-order chi connectivity index (χ1) is 5.43. The number of ether oxygens (including phenoxy) is 1. The van der Waals surface area contributed by atoms with Gasteiger partial charge < -0.3 is 4.74 Å². The summed E-state index contributed by atoms with van der Waals surface area (Å²) in [7, 11) is 0. The highest BCUT2D eigenvalue weighted by Crippen LogP contribution is 2.11. The Morgan fingerprint density at radius 3 is 2.82 bits per heavy atom. The van der Waals surface area contributed by atoms with Gasteiger partial charge in [0.05, 0.1) is 12.7 Å². The quantitative estimate of drug-likeness (QED) is 0.325. The highest BCUT2D eigenvalue weighted by atomic mass is 16.6. The SMILES string of the molecule is CCCCCC/C=C/C1CO1. The normalized spacial score (nSPS) is 22.8. The van der Waals surface area contributed by atoms with Gasteiger partial charge >= 0.3 is 0 Å². The van der Waals surface area contributed by atoms with E-state index in [4.69, 9.17) is 4.74 Å². The molecule has 0 N–H and O–H groups in total. The Balaban J connectivity index is 1.79. The van der Waals surface area contributed by atoms with E-state index in [1.54, 1.807) is 0 Å². The predicted octanol–water partition coefficient (Wildman–Crippen LogP) is 2.91. The largest absolute Gasteiger partial charge is 0.369 e. The number of unbranched alkanes of at least 4 members (excludes halogenated alkanes) is 4. The fourth-order valence-electron chi connectivity index (χ4n) is 1.10. The van der Waals surface area contributed by atoms with Gasteiger partial charge in [-0.15, -0.1) is 0 Å². The molecule has 0 aromatic heterocycles. The van der Waals surface area contributed by atoms with Crippen molar-refractivity contribution in [3.05, 3.63) is 12.2 Å². The Hall–Kier alpha value is -0.300. The van der Waals surface area contributed by atoms with Gasteiger partial charge in [0.1, 0.15) is 0 Å². The van der Waals surface area contributed by atoms with Gasteiger partial charge in [-0.2, -0.15) is 0 Å². The molecule has 1 saturated heterocycles. The molecule has 0 bridgehead atoms. The maximum atomic E-state index is 5.05. The lowest BCUT2D eigenvalue weighted by atomic mass is 10.1. The molecule has 1 aliphatic rings. The molecule has 1 rings (SSSR count). The monoisotopic (exact) mass is 154 g/mol. The van der Waals surface area contributed by atoms with Crippen LogP contribution in [0.4, 0.5) is 0 Å². The highest BCUT2D eigenvalue weighted by Gasteiger charge is 2.17. The molecule has 64 valence electrons. The number of epoxide rings is 1. The lowest BCUT2D eigenvalue weighted by Crippen LogP contribution is -1.76. The van der Waals surface area contributed by atoms with Crippen molar-refractivity contribution in [1.29, 1.82) is 0 Å². The fraction of sp³-hybridized carbons (Fsp3) is 0.800. The van der Waals surface area contributed by atoms with E-state index in [0.29, 0.717) is 6.10 Å². The van der Waals surface area contributed by atoms with E-state index < -0.39 is 0 Å². The summed E-state index contributed by atoms with van der Waals surface area (Å²) < 4.78 is 5.05. The maximum Gasteiger partial charge on any atom is 0.0991 e. The first-order valence-electron chi connectivity index (χ1n) is 4.71. The Bertz CT molecular complexity index is 114. The Morgan fingerprint density at radius 1 is 1.36 bits per heavy atom. The van der Waals surface area contributed by atoms with Crippen LogP contribution in [0.5, 0.6) is 0 Å². The molecule has 1 heterocycles. The zero-order valence-corrected chi connectivity index (χ0v) is 7.38. The van der Waals surface area contributed by atoms with Gasteiger partial charge in [-0.25, -0.2) is 0 Å². The van der Waals surface area contributed by atoms with Crippen LogP contribution >= 0.6 is 0 Å². The Morgan fingerprint density at radius 2 is 2.18 bits per heavy atom. The fourth-order valence-corrected chi connectivity index (χ4v) is 1.10. The van der Waals surface area contributed by atoms with E-state index in [1.165, 1.54) is 32.1 Å². The average Bonchev–Trinajstić information content (AvgIpc) is 2.80. The van der Waals surface area contributed by atoms with Gasteiger partial charge in [0.15, 0.2) is 0 Å². The summed E-state index contributed by atoms with van der Waals surface area (Å²) in [5.41, 5.74) is 0. The van der Waals surface area contributed by atoms with E-state index in [2.05, 4.69) is 19.1 Å². The van der Waals surface area contributed by atoms with Crippen LogP contribution in [0.25, 0.3) is 0 Å². The van der Waals surface area contributed by atoms with Crippen LogP contribution in [0.3, 0.4) is 0 Å². The summed E-state index contributed by atoms with van der Waals surface area (Å²) in [6.45, 7) is 3.19. The van der Waals surface area contributed by atoms with Crippen LogP contribution in [0.2, 0.25) is 0 Å². The lowest BCUT2D eigenvalue weighted by Gasteiger charge is -1.92. The van der Waals surface area contributed by atoms with Crippen molar-refractivity contribution >= 4 is 0 Å². The van der Waals surface area contributed by atoms with Crippen molar-refractivity contribution in [2.24, 2.45) is 0 Å². The molecule has 0 saturated carbocycles. The molecule has 0 amide bonds. The third kappa shape index (κ3) is 5.02. The molecule has 1 fully saturated rings. The van der Waals surface area contributed by atoms with Gasteiger partial charge in [0.2, 0.25) is 0 Å². The standard InChI is InChI=1S/C10H18O/c1-2-3-4-5-6-7-8-10-9-11-10/h7-8,10H,2-6,9H2,1H3/b8-7+. The molecule has 1 heteroatoms. The smallest absolute Gasteiger partial charge is 0.0991 e. The van der Waals surface area contributed by atoms with E-state index in [-0.39, 0.29) is 0 Å². The molecule has 1 aliphatic heterocycles. The van der Waals surface area contributed by atoms with Crippen LogP contribution in [-0.2, 0) is 4.74 Å². The summed E-state index contributed by atoms with van der Waals surface area (Å²) in [5.74, 6) is 0. The second kappa shape index (κ2) is 5.36. The zero-order valence-electron chi connectivity index (χ0n) is 7.38. The molecular formula is C10H18O. The van der Waals surface area contributed by atoms with Gasteiger partial charge in [0, 0.05) is 0 Å². The summed E-state index contributed by atoms with van der Waals surface area (Å²) in [5, 5.41) is 0. The minimum Gasteiger partial charge on any atom is -0.369 e. The zero-order chi connectivity index (χ0) is 7.94. The van der Waals surface area contributed by atoms with E-state index >= 15 is 0 Å². The predicted molar refractivity (Wildman–Crippen MR) is 47.6 cm³/mol. The van der Waals surface area contributed by atoms with Gasteiger partial charge in [-0.3, -0.25) is 0 Å². The number of rotatable bonds is 6. The Kier molecular flexibility index (Phi) is 4.29. The molecule has 1 atom stereocenters. The Labute approximate surface area is 69.4 Å². The number of hydrogen-bond acceptors (Lipinski definition) is 1. The molecule has 1 unspecified atom stereocenters. The van der Waals surface area contributed by atoms with Crippen molar-refractivity contribution < 1.29 is 4.74 Å². The van der Waals surface area contributed by atoms with Crippen LogP contribution < -0.4 is 0 Å². The molecule has 0 radical (unpaired) electrons. The minimum atomic E-state index is 0.473. The van der Waals surface area contributed by atoms with E-state index in [0.717, 1.165) is 6.61 Å². The topological polar surface area (TPSA) is 12.5 Å². The van der Waals surface area contributed by atoms with Crippen molar-refractivity contribution in [2.75, 3.05) is 6.61 Å². The lowest BCUT2D eigenvalue weighted by molar-refractivity contribution is 0.439. The molecule has 0 aliphatic carbocycles. The summed E-state index contributed by atoms with van der Waals surface area (Å²) in [6, 6.07) is 0. The molecule has 0 spiro atoms. The van der Waals surface area contributed by atoms with Crippen LogP contribution in [0, 0.1) is 0 Å². The molecule has 1 nitrogen and oxygen atoms in total. The van der Waals surface area contributed by atoms with Crippen molar-refractivity contribution in [3.8, 4) is 0 Å². The summed E-state index contributed by atoms with van der Waals surface area (Å²) in [4.78, 5) is 0. The first kappa shape index (κ1) is 8.79. The molecule has 0 aromatic carbocycles. The molecule has 11 heavy (non-hydrogen) atoms. The van der Waals surface area contributed by atoms with Crippen molar-refractivity contribution in [1.82, 2.24) is 0 Å². The number of hydrogen-bond donors (Lipinski definition) is 0. The van der Waals surface area contributed by atoms with Crippen LogP contribution in [0.15, 0.2) is 12.2 Å². The van der Waals surface area contributed by atoms with Gasteiger partial charge in [0.25, 0.3) is 0 Å². The minimum absolute atomic E-state index is 0.473. The van der Waals surface area contributed by atoms with E-state index in [9.17, 15) is 0 Å². The van der Waals surface area contributed by atoms with E-state index in [1.807, 2.05) is 0 Å². The van der Waals surface area contributed by atoms with Gasteiger partial charge in [-0.05, 0) is 12.8 Å². The number of allylic oxidation sites excluding steroid dienone is 1. The third-order valence-corrected chi connectivity index (χ3v) is 1.93. The van der Waals surface area contributed by atoms with Gasteiger partial charge in [-0.1, -0.05) is 38.3 Å². The van der Waals surface area contributed by atoms with Crippen LogP contribution in [0.1, 0.15) is 39.0 Å². The second-order valence-corrected chi connectivity index (χ2v) is 3.15.